The summed E-state index contributed by atoms with van der Waals surface area (Å²) < 4.78 is 5.01. The molecule has 1 amide bonds. The lowest BCUT2D eigenvalue weighted by Crippen LogP contribution is -2.49. The molecule has 8 heteroatoms. The Morgan fingerprint density at radius 3 is 2.38 bits per heavy atom. The Labute approximate surface area is 152 Å². The maximum Gasteiger partial charge on any atom is 0.259 e. The minimum absolute atomic E-state index is 0.0139. The van der Waals surface area contributed by atoms with Crippen LogP contribution >= 0.6 is 0 Å². The molecule has 0 atom stereocenters. The molecule has 138 valence electrons. The number of hydrogen-bond donors (Lipinski definition) is 0. The second kappa shape index (κ2) is 6.93. The number of anilines is 2. The second-order valence-electron chi connectivity index (χ2n) is 6.94. The molecule has 2 aromatic rings. The third-order valence-corrected chi connectivity index (χ3v) is 5.09. The number of piperazine rings is 1. The second-order valence-corrected chi connectivity index (χ2v) is 6.94. The molecule has 4 rings (SSSR count). The normalized spacial score (nSPS) is 17.8. The Kier molecular flexibility index (Phi) is 4.48. The summed E-state index contributed by atoms with van der Waals surface area (Å²) in [4.78, 5) is 28.3. The van der Waals surface area contributed by atoms with Gasteiger partial charge in [0.15, 0.2) is 0 Å². The molecule has 26 heavy (non-hydrogen) atoms. The van der Waals surface area contributed by atoms with E-state index in [4.69, 9.17) is 9.51 Å². The van der Waals surface area contributed by atoms with Crippen LogP contribution in [0, 0.1) is 13.8 Å². The minimum atomic E-state index is -0.0139. The van der Waals surface area contributed by atoms with E-state index in [2.05, 4.69) is 19.9 Å². The summed E-state index contributed by atoms with van der Waals surface area (Å²) in [6, 6.07) is 2.03. The van der Waals surface area contributed by atoms with Crippen molar-refractivity contribution in [2.45, 2.75) is 26.7 Å². The zero-order valence-electron chi connectivity index (χ0n) is 15.3. The third-order valence-electron chi connectivity index (χ3n) is 5.09. The summed E-state index contributed by atoms with van der Waals surface area (Å²) in [7, 11) is 0. The number of carbonyl (C=O) groups is 1. The predicted octanol–water partition coefficient (Wildman–Crippen LogP) is 1.64. The van der Waals surface area contributed by atoms with Gasteiger partial charge in [-0.3, -0.25) is 4.79 Å². The first kappa shape index (κ1) is 16.8. The van der Waals surface area contributed by atoms with Crippen molar-refractivity contribution in [3.8, 4) is 0 Å². The molecule has 0 unspecified atom stereocenters. The summed E-state index contributed by atoms with van der Waals surface area (Å²) in [5.74, 6) is 2.34. The number of rotatable bonds is 3. The van der Waals surface area contributed by atoms with Crippen LogP contribution in [0.1, 0.15) is 34.7 Å². The van der Waals surface area contributed by atoms with Gasteiger partial charge in [-0.2, -0.15) is 4.98 Å². The monoisotopic (exact) mass is 356 g/mol. The van der Waals surface area contributed by atoms with Crippen LogP contribution in [0.4, 0.5) is 11.8 Å². The maximum absolute atomic E-state index is 12.6. The number of aryl methyl sites for hydroxylation is 2. The summed E-state index contributed by atoms with van der Waals surface area (Å²) in [5, 5.41) is 3.70. The Hall–Kier alpha value is -2.64. The van der Waals surface area contributed by atoms with Gasteiger partial charge in [-0.05, 0) is 26.7 Å². The Bertz CT molecular complexity index is 791. The van der Waals surface area contributed by atoms with Gasteiger partial charge >= 0.3 is 0 Å². The van der Waals surface area contributed by atoms with Crippen LogP contribution in [-0.4, -0.2) is 65.2 Å². The van der Waals surface area contributed by atoms with Crippen LogP contribution in [0.2, 0.25) is 0 Å². The smallest absolute Gasteiger partial charge is 0.259 e. The van der Waals surface area contributed by atoms with Crippen LogP contribution in [0.3, 0.4) is 0 Å². The number of carbonyl (C=O) groups excluding carboxylic acids is 1. The molecule has 0 aliphatic carbocycles. The van der Waals surface area contributed by atoms with Crippen LogP contribution in [0.5, 0.6) is 0 Å². The van der Waals surface area contributed by atoms with E-state index in [0.717, 1.165) is 43.6 Å². The fraction of sp³-hybridized carbons (Fsp3) is 0.556. The van der Waals surface area contributed by atoms with Crippen molar-refractivity contribution in [1.82, 2.24) is 20.0 Å². The zero-order valence-corrected chi connectivity index (χ0v) is 15.3. The summed E-state index contributed by atoms with van der Waals surface area (Å²) in [6.45, 7) is 8.67. The highest BCUT2D eigenvalue weighted by Gasteiger charge is 2.26. The summed E-state index contributed by atoms with van der Waals surface area (Å²) >= 11 is 0. The van der Waals surface area contributed by atoms with E-state index in [9.17, 15) is 4.79 Å². The predicted molar refractivity (Wildman–Crippen MR) is 97.6 cm³/mol. The first-order chi connectivity index (χ1) is 12.6. The van der Waals surface area contributed by atoms with E-state index < -0.39 is 0 Å². The molecule has 8 nitrogen and oxygen atoms in total. The van der Waals surface area contributed by atoms with Gasteiger partial charge in [0.05, 0.1) is 6.20 Å². The van der Waals surface area contributed by atoms with Crippen molar-refractivity contribution in [2.75, 3.05) is 49.1 Å². The molecule has 2 aliphatic rings. The quantitative estimate of drug-likeness (QED) is 0.827. The maximum atomic E-state index is 12.6. The molecule has 2 fully saturated rings. The summed E-state index contributed by atoms with van der Waals surface area (Å²) in [6.07, 6.45) is 3.91. The van der Waals surface area contributed by atoms with Crippen molar-refractivity contribution in [2.24, 2.45) is 0 Å². The lowest BCUT2D eigenvalue weighted by atomic mass is 10.2. The van der Waals surface area contributed by atoms with Gasteiger partial charge in [-0.25, -0.2) is 4.98 Å². The fourth-order valence-electron chi connectivity index (χ4n) is 3.57. The molecular weight excluding hydrogens is 332 g/mol. The topological polar surface area (TPSA) is 78.6 Å². The molecule has 2 aliphatic heterocycles. The van der Waals surface area contributed by atoms with Crippen LogP contribution in [-0.2, 0) is 0 Å². The van der Waals surface area contributed by atoms with E-state index in [1.54, 1.807) is 6.92 Å². The van der Waals surface area contributed by atoms with E-state index >= 15 is 0 Å². The average Bonchev–Trinajstić information content (AvgIpc) is 3.32. The number of hydrogen-bond acceptors (Lipinski definition) is 7. The molecule has 2 aromatic heterocycles. The van der Waals surface area contributed by atoms with Crippen LogP contribution in [0.25, 0.3) is 0 Å². The fourth-order valence-corrected chi connectivity index (χ4v) is 3.57. The zero-order chi connectivity index (χ0) is 18.1. The lowest BCUT2D eigenvalue weighted by molar-refractivity contribution is 0.0744. The standard InChI is InChI=1S/C18H24N6O2/c1-13-11-16(21-18(20-13)24-5-3-4-6-24)22-7-9-23(10-8-22)17(25)15-12-19-26-14(15)2/h11-12H,3-10H2,1-2H3. The lowest BCUT2D eigenvalue weighted by Gasteiger charge is -2.35. The Morgan fingerprint density at radius 2 is 1.73 bits per heavy atom. The third kappa shape index (κ3) is 3.23. The Morgan fingerprint density at radius 1 is 1.00 bits per heavy atom. The van der Waals surface area contributed by atoms with Gasteiger partial charge in [0.2, 0.25) is 5.95 Å². The van der Waals surface area contributed by atoms with Crippen molar-refractivity contribution >= 4 is 17.7 Å². The average molecular weight is 356 g/mol. The first-order valence-electron chi connectivity index (χ1n) is 9.18. The molecule has 0 aromatic carbocycles. The highest BCUT2D eigenvalue weighted by atomic mass is 16.5. The van der Waals surface area contributed by atoms with Crippen molar-refractivity contribution in [1.29, 1.82) is 0 Å². The van der Waals surface area contributed by atoms with Gasteiger partial charge in [0.25, 0.3) is 5.91 Å². The minimum Gasteiger partial charge on any atom is -0.361 e. The molecular formula is C18H24N6O2. The van der Waals surface area contributed by atoms with E-state index in [1.807, 2.05) is 17.9 Å². The number of aromatic nitrogens is 3. The first-order valence-corrected chi connectivity index (χ1v) is 9.18. The highest BCUT2D eigenvalue weighted by Crippen LogP contribution is 2.22. The Balaban J connectivity index is 1.45. The van der Waals surface area contributed by atoms with Gasteiger partial charge in [0, 0.05) is 51.0 Å². The molecule has 0 saturated carbocycles. The van der Waals surface area contributed by atoms with Gasteiger partial charge in [0.1, 0.15) is 17.1 Å². The molecule has 0 spiro atoms. The summed E-state index contributed by atoms with van der Waals surface area (Å²) in [5.41, 5.74) is 1.53. The van der Waals surface area contributed by atoms with Crippen molar-refractivity contribution < 1.29 is 9.32 Å². The van der Waals surface area contributed by atoms with E-state index in [0.29, 0.717) is 24.4 Å². The van der Waals surface area contributed by atoms with Crippen molar-refractivity contribution in [3.05, 3.63) is 29.3 Å². The molecule has 4 heterocycles. The molecule has 2 saturated heterocycles. The number of amides is 1. The largest absolute Gasteiger partial charge is 0.361 e. The van der Waals surface area contributed by atoms with Gasteiger partial charge in [-0.15, -0.1) is 0 Å². The van der Waals surface area contributed by atoms with Gasteiger partial charge in [-0.1, -0.05) is 5.16 Å². The molecule has 0 N–H and O–H groups in total. The van der Waals surface area contributed by atoms with Crippen molar-refractivity contribution in [3.63, 3.8) is 0 Å². The van der Waals surface area contributed by atoms with Gasteiger partial charge < -0.3 is 19.2 Å². The molecule has 0 radical (unpaired) electrons. The SMILES string of the molecule is Cc1cc(N2CCN(C(=O)c3cnoc3C)CC2)nc(N2CCCC2)n1. The highest BCUT2D eigenvalue weighted by molar-refractivity contribution is 5.94. The van der Waals surface area contributed by atoms with Crippen LogP contribution in [0.15, 0.2) is 16.8 Å². The number of nitrogens with zero attached hydrogens (tertiary/aromatic N) is 6. The molecule has 0 bridgehead atoms. The van der Waals surface area contributed by atoms with E-state index in [-0.39, 0.29) is 5.91 Å². The van der Waals surface area contributed by atoms with Crippen LogP contribution < -0.4 is 9.80 Å². The van der Waals surface area contributed by atoms with E-state index in [1.165, 1.54) is 19.0 Å².